The molecule has 0 heterocycles. The molecule has 23 heavy (non-hydrogen) atoms. The summed E-state index contributed by atoms with van der Waals surface area (Å²) in [5.74, 6) is 1.71. The molecule has 3 heteroatoms. The minimum atomic E-state index is -1.69. The van der Waals surface area contributed by atoms with Gasteiger partial charge in [-0.2, -0.15) is 0 Å². The highest BCUT2D eigenvalue weighted by Crippen LogP contribution is 2.69. The van der Waals surface area contributed by atoms with Crippen molar-refractivity contribution in [3.63, 3.8) is 0 Å². The minimum Gasteiger partial charge on any atom is -0.417 e. The second-order valence-electron chi connectivity index (χ2n) is 9.81. The lowest BCUT2D eigenvalue weighted by molar-refractivity contribution is -0.125. The van der Waals surface area contributed by atoms with Crippen LogP contribution in [-0.4, -0.2) is 20.7 Å². The normalized spacial score (nSPS) is 37.0. The fourth-order valence-corrected chi connectivity index (χ4v) is 5.71. The standard InChI is InChI=1S/C20H34O2Si/c1-19(2,3)23(5,6)22-13-11-15-10-9-14-8-7-12-20(4)16(14)17(20)18(15)21/h8,15-17H,7,9-13H2,1-6H3/t15-,16+,17+,20+/m1/s1. The van der Waals surface area contributed by atoms with Crippen LogP contribution in [0.25, 0.3) is 0 Å². The Morgan fingerprint density at radius 3 is 2.65 bits per heavy atom. The second kappa shape index (κ2) is 5.55. The van der Waals surface area contributed by atoms with Gasteiger partial charge in [0.05, 0.1) is 0 Å². The average Bonchev–Trinajstić information content (AvgIpc) is 3.09. The largest absolute Gasteiger partial charge is 0.417 e. The topological polar surface area (TPSA) is 26.3 Å². The van der Waals surface area contributed by atoms with E-state index in [0.29, 0.717) is 23.0 Å². The van der Waals surface area contributed by atoms with E-state index in [0.717, 1.165) is 25.9 Å². The Morgan fingerprint density at radius 2 is 2.00 bits per heavy atom. The highest BCUT2D eigenvalue weighted by atomic mass is 28.4. The molecule has 3 rings (SSSR count). The van der Waals surface area contributed by atoms with E-state index in [1.165, 1.54) is 12.8 Å². The van der Waals surface area contributed by atoms with Crippen LogP contribution in [0.15, 0.2) is 11.6 Å². The van der Waals surface area contributed by atoms with Crippen molar-refractivity contribution < 1.29 is 9.22 Å². The molecule has 0 aromatic rings. The molecule has 0 aromatic heterocycles. The molecule has 0 unspecified atom stereocenters. The molecule has 2 saturated carbocycles. The molecule has 0 saturated heterocycles. The van der Waals surface area contributed by atoms with Crippen molar-refractivity contribution in [2.75, 3.05) is 6.61 Å². The van der Waals surface area contributed by atoms with Crippen molar-refractivity contribution in [1.82, 2.24) is 0 Å². The van der Waals surface area contributed by atoms with E-state index < -0.39 is 8.32 Å². The van der Waals surface area contributed by atoms with Gasteiger partial charge in [0.15, 0.2) is 8.32 Å². The van der Waals surface area contributed by atoms with Crippen LogP contribution in [0, 0.1) is 23.2 Å². The molecule has 0 spiro atoms. The summed E-state index contributed by atoms with van der Waals surface area (Å²) in [6, 6.07) is 0. The molecule has 0 bridgehead atoms. The van der Waals surface area contributed by atoms with Crippen molar-refractivity contribution in [3.8, 4) is 0 Å². The SMILES string of the molecule is CC(C)(C)[Si](C)(C)OCC[C@H]1CCC2=CCC[C@]3(C)[C@H](C1=O)[C@H]23. The Kier molecular flexibility index (Phi) is 4.20. The molecule has 3 aliphatic rings. The van der Waals surface area contributed by atoms with E-state index in [9.17, 15) is 4.79 Å². The van der Waals surface area contributed by atoms with Gasteiger partial charge < -0.3 is 4.43 Å². The average molecular weight is 335 g/mol. The van der Waals surface area contributed by atoms with Crippen LogP contribution in [0.3, 0.4) is 0 Å². The summed E-state index contributed by atoms with van der Waals surface area (Å²) in [5, 5.41) is 0.247. The van der Waals surface area contributed by atoms with Gasteiger partial charge >= 0.3 is 0 Å². The number of carbonyl (C=O) groups excluding carboxylic acids is 1. The maximum atomic E-state index is 13.0. The van der Waals surface area contributed by atoms with E-state index in [1.54, 1.807) is 5.57 Å². The smallest absolute Gasteiger partial charge is 0.191 e. The zero-order valence-electron chi connectivity index (χ0n) is 15.9. The van der Waals surface area contributed by atoms with E-state index >= 15 is 0 Å². The first-order chi connectivity index (χ1) is 10.6. The molecule has 0 amide bonds. The highest BCUT2D eigenvalue weighted by molar-refractivity contribution is 6.74. The van der Waals surface area contributed by atoms with Crippen molar-refractivity contribution in [3.05, 3.63) is 11.6 Å². The fourth-order valence-electron chi connectivity index (χ4n) is 4.65. The lowest BCUT2D eigenvalue weighted by Gasteiger charge is -2.36. The van der Waals surface area contributed by atoms with E-state index in [4.69, 9.17) is 4.43 Å². The van der Waals surface area contributed by atoms with Crippen LogP contribution in [0.2, 0.25) is 18.1 Å². The number of fused-ring (bicyclic) bond motifs is 1. The highest BCUT2D eigenvalue weighted by Gasteiger charge is 2.67. The maximum Gasteiger partial charge on any atom is 0.191 e. The van der Waals surface area contributed by atoms with Gasteiger partial charge in [-0.25, -0.2) is 0 Å². The third-order valence-corrected chi connectivity index (χ3v) is 11.9. The van der Waals surface area contributed by atoms with Crippen LogP contribution in [0.1, 0.15) is 59.8 Å². The molecule has 2 fully saturated rings. The molecule has 0 aromatic carbocycles. The summed E-state index contributed by atoms with van der Waals surface area (Å²) in [4.78, 5) is 13.0. The summed E-state index contributed by atoms with van der Waals surface area (Å²) in [7, 11) is -1.69. The lowest BCUT2D eigenvalue weighted by Crippen LogP contribution is -2.41. The predicted octanol–water partition coefficient (Wildman–Crippen LogP) is 5.35. The number of hydrogen-bond acceptors (Lipinski definition) is 2. The number of ketones is 1. The number of rotatable bonds is 4. The van der Waals surface area contributed by atoms with Crippen molar-refractivity contribution in [1.29, 1.82) is 0 Å². The minimum absolute atomic E-state index is 0.234. The van der Waals surface area contributed by atoms with Gasteiger partial charge in [0.1, 0.15) is 5.78 Å². The first kappa shape index (κ1) is 17.4. The molecule has 2 nitrogen and oxygen atoms in total. The van der Waals surface area contributed by atoms with Gasteiger partial charge in [0.2, 0.25) is 0 Å². The van der Waals surface area contributed by atoms with Crippen molar-refractivity contribution in [2.24, 2.45) is 23.2 Å². The summed E-state index contributed by atoms with van der Waals surface area (Å²) >= 11 is 0. The van der Waals surface area contributed by atoms with Crippen LogP contribution in [0.4, 0.5) is 0 Å². The first-order valence-corrected chi connectivity index (χ1v) is 12.4. The Balaban J connectivity index is 1.61. The zero-order chi connectivity index (χ0) is 17.0. The van der Waals surface area contributed by atoms with Crippen LogP contribution >= 0.6 is 0 Å². The molecular weight excluding hydrogens is 300 g/mol. The van der Waals surface area contributed by atoms with Gasteiger partial charge in [-0.15, -0.1) is 0 Å². The van der Waals surface area contributed by atoms with Gasteiger partial charge in [-0.1, -0.05) is 39.3 Å². The Morgan fingerprint density at radius 1 is 1.30 bits per heavy atom. The Labute approximate surface area is 143 Å². The summed E-state index contributed by atoms with van der Waals surface area (Å²) in [5.41, 5.74) is 1.91. The molecule has 4 atom stereocenters. The molecular formula is C20H34O2Si. The third kappa shape index (κ3) is 2.88. The van der Waals surface area contributed by atoms with Gasteiger partial charge in [0, 0.05) is 18.4 Å². The molecule has 3 aliphatic carbocycles. The Bertz CT molecular complexity index is 528. The monoisotopic (exact) mass is 334 g/mol. The van der Waals surface area contributed by atoms with Crippen molar-refractivity contribution >= 4 is 14.1 Å². The molecule has 0 radical (unpaired) electrons. The number of hydrogen-bond donors (Lipinski definition) is 0. The lowest BCUT2D eigenvalue weighted by atomic mass is 9.83. The zero-order valence-corrected chi connectivity index (χ0v) is 16.9. The van der Waals surface area contributed by atoms with Gasteiger partial charge in [-0.05, 0) is 61.6 Å². The van der Waals surface area contributed by atoms with E-state index in [2.05, 4.69) is 46.9 Å². The molecule has 0 aliphatic heterocycles. The van der Waals surface area contributed by atoms with E-state index in [-0.39, 0.29) is 11.0 Å². The first-order valence-electron chi connectivity index (χ1n) is 9.44. The van der Waals surface area contributed by atoms with Crippen LogP contribution < -0.4 is 0 Å². The fraction of sp³-hybridized carbons (Fsp3) is 0.850. The number of Topliss-reactive ketones (excluding diaryl/α,β-unsaturated/α-hetero) is 1. The quantitative estimate of drug-likeness (QED) is 0.512. The van der Waals surface area contributed by atoms with Crippen LogP contribution in [0.5, 0.6) is 0 Å². The predicted molar refractivity (Wildman–Crippen MR) is 97.9 cm³/mol. The number of carbonyl (C=O) groups is 1. The second-order valence-corrected chi connectivity index (χ2v) is 14.6. The molecule has 0 N–H and O–H groups in total. The van der Waals surface area contributed by atoms with Gasteiger partial charge in [0.25, 0.3) is 0 Å². The van der Waals surface area contributed by atoms with Crippen LogP contribution in [-0.2, 0) is 9.22 Å². The summed E-state index contributed by atoms with van der Waals surface area (Å²) < 4.78 is 6.33. The molecule has 130 valence electrons. The summed E-state index contributed by atoms with van der Waals surface area (Å²) in [6.07, 6.45) is 7.96. The van der Waals surface area contributed by atoms with E-state index in [1.807, 2.05) is 0 Å². The summed E-state index contributed by atoms with van der Waals surface area (Å²) in [6.45, 7) is 14.5. The third-order valence-electron chi connectivity index (χ3n) is 7.36. The van der Waals surface area contributed by atoms with Crippen molar-refractivity contribution in [2.45, 2.75) is 77.9 Å². The number of allylic oxidation sites excluding steroid dienone is 2. The Hall–Kier alpha value is -0.413. The maximum absolute atomic E-state index is 13.0. The van der Waals surface area contributed by atoms with Gasteiger partial charge in [-0.3, -0.25) is 4.79 Å².